The first-order valence-electron chi connectivity index (χ1n) is 7.17. The maximum Gasteiger partial charge on any atom is 0.257 e. The maximum absolute atomic E-state index is 5.76. The first-order valence-corrected chi connectivity index (χ1v) is 8.16. The van der Waals surface area contributed by atoms with Crippen molar-refractivity contribution < 1.29 is 4.42 Å². The molecule has 1 aliphatic rings. The molecule has 0 radical (unpaired) electrons. The van der Waals surface area contributed by atoms with Crippen LogP contribution in [0.1, 0.15) is 23.1 Å². The van der Waals surface area contributed by atoms with Gasteiger partial charge in [-0.25, -0.2) is 4.98 Å². The maximum atomic E-state index is 5.76. The molecule has 0 saturated carbocycles. The van der Waals surface area contributed by atoms with E-state index in [1.165, 1.54) is 36.0 Å². The largest absolute Gasteiger partial charge is 0.431 e. The van der Waals surface area contributed by atoms with Crippen molar-refractivity contribution in [3.63, 3.8) is 0 Å². The molecular weight excluding hydrogens is 280 g/mol. The number of hydrogen-bond donors (Lipinski definition) is 1. The van der Waals surface area contributed by atoms with E-state index in [2.05, 4.69) is 23.2 Å². The van der Waals surface area contributed by atoms with Gasteiger partial charge < -0.3 is 10.2 Å². The van der Waals surface area contributed by atoms with Crippen molar-refractivity contribution in [2.45, 2.75) is 30.2 Å². The third kappa shape index (κ3) is 2.51. The Balaban J connectivity index is 1.52. The van der Waals surface area contributed by atoms with Crippen LogP contribution in [0, 0.1) is 0 Å². The highest BCUT2D eigenvalue weighted by Gasteiger charge is 2.12. The fraction of sp³-hybridized carbons (Fsp3) is 0.235. The minimum Gasteiger partial charge on any atom is -0.431 e. The molecule has 4 rings (SSSR count). The normalized spacial score (nSPS) is 13.7. The fourth-order valence-corrected chi connectivity index (χ4v) is 3.62. The summed E-state index contributed by atoms with van der Waals surface area (Å²) in [4.78, 5) is 4.48. The highest BCUT2D eigenvalue weighted by molar-refractivity contribution is 7.98. The Labute approximate surface area is 127 Å². The lowest BCUT2D eigenvalue weighted by atomic mass is 10.1. The van der Waals surface area contributed by atoms with E-state index in [4.69, 9.17) is 10.2 Å². The second kappa shape index (κ2) is 5.11. The number of anilines is 1. The number of nitrogens with two attached hydrogens (primary N) is 1. The number of nitrogens with zero attached hydrogens (tertiary/aromatic N) is 1. The smallest absolute Gasteiger partial charge is 0.257 e. The molecule has 21 heavy (non-hydrogen) atoms. The number of aryl methyl sites for hydroxylation is 2. The SMILES string of the molecule is Nc1ccc2nc(SCc3ccc4c(c3)CCC4)oc2c1. The molecule has 1 aliphatic carbocycles. The van der Waals surface area contributed by atoms with Gasteiger partial charge in [-0.15, -0.1) is 0 Å². The lowest BCUT2D eigenvalue weighted by molar-refractivity contribution is 0.489. The molecule has 0 bridgehead atoms. The first kappa shape index (κ1) is 12.8. The Bertz CT molecular complexity index is 810. The lowest BCUT2D eigenvalue weighted by Gasteiger charge is -2.03. The molecule has 2 N–H and O–H groups in total. The van der Waals surface area contributed by atoms with Crippen LogP contribution in [-0.2, 0) is 18.6 Å². The van der Waals surface area contributed by atoms with E-state index in [0.717, 1.165) is 16.9 Å². The highest BCUT2D eigenvalue weighted by Crippen LogP contribution is 2.29. The van der Waals surface area contributed by atoms with Crippen molar-refractivity contribution in [2.75, 3.05) is 5.73 Å². The van der Waals surface area contributed by atoms with Gasteiger partial charge in [0, 0.05) is 17.5 Å². The zero-order chi connectivity index (χ0) is 14.2. The molecule has 1 aromatic heterocycles. The van der Waals surface area contributed by atoms with Crippen LogP contribution in [0.25, 0.3) is 11.1 Å². The molecular formula is C17H16N2OS. The Morgan fingerprint density at radius 1 is 1.10 bits per heavy atom. The van der Waals surface area contributed by atoms with Crippen molar-refractivity contribution in [2.24, 2.45) is 0 Å². The number of aromatic nitrogens is 1. The van der Waals surface area contributed by atoms with Gasteiger partial charge in [-0.3, -0.25) is 0 Å². The van der Waals surface area contributed by atoms with Crippen molar-refractivity contribution in [1.82, 2.24) is 4.98 Å². The van der Waals surface area contributed by atoms with Crippen LogP contribution in [-0.4, -0.2) is 4.98 Å². The molecule has 3 nitrogen and oxygen atoms in total. The van der Waals surface area contributed by atoms with E-state index in [1.54, 1.807) is 11.8 Å². The van der Waals surface area contributed by atoms with E-state index in [-0.39, 0.29) is 0 Å². The molecule has 0 saturated heterocycles. The molecule has 0 spiro atoms. The third-order valence-electron chi connectivity index (χ3n) is 3.92. The summed E-state index contributed by atoms with van der Waals surface area (Å²) in [7, 11) is 0. The fourth-order valence-electron chi connectivity index (χ4n) is 2.84. The summed E-state index contributed by atoms with van der Waals surface area (Å²) in [5.74, 6) is 0.885. The first-order chi connectivity index (χ1) is 10.3. The van der Waals surface area contributed by atoms with Gasteiger partial charge in [0.25, 0.3) is 5.22 Å². The van der Waals surface area contributed by atoms with E-state index >= 15 is 0 Å². The molecule has 1 heterocycles. The zero-order valence-electron chi connectivity index (χ0n) is 11.6. The van der Waals surface area contributed by atoms with Gasteiger partial charge in [-0.1, -0.05) is 30.0 Å². The van der Waals surface area contributed by atoms with Gasteiger partial charge >= 0.3 is 0 Å². The van der Waals surface area contributed by atoms with Crippen LogP contribution < -0.4 is 5.73 Å². The summed E-state index contributed by atoms with van der Waals surface area (Å²) in [6.07, 6.45) is 3.74. The van der Waals surface area contributed by atoms with Crippen LogP contribution in [0.3, 0.4) is 0 Å². The minimum absolute atomic E-state index is 0.703. The van der Waals surface area contributed by atoms with E-state index in [1.807, 2.05) is 18.2 Å². The summed E-state index contributed by atoms with van der Waals surface area (Å²) < 4.78 is 5.74. The van der Waals surface area contributed by atoms with E-state index in [9.17, 15) is 0 Å². The van der Waals surface area contributed by atoms with Gasteiger partial charge in [-0.05, 0) is 48.1 Å². The van der Waals surface area contributed by atoms with E-state index in [0.29, 0.717) is 10.9 Å². The predicted octanol–water partition coefficient (Wildman–Crippen LogP) is 4.19. The standard InChI is InChI=1S/C17H16N2OS/c18-14-6-7-15-16(9-14)20-17(19-15)21-10-11-4-5-12-2-1-3-13(12)8-11/h4-9H,1-3,10,18H2. The highest BCUT2D eigenvalue weighted by atomic mass is 32.2. The number of oxazole rings is 1. The monoisotopic (exact) mass is 296 g/mol. The number of hydrogen-bond acceptors (Lipinski definition) is 4. The summed E-state index contributed by atoms with van der Waals surface area (Å²) in [6.45, 7) is 0. The minimum atomic E-state index is 0.703. The van der Waals surface area contributed by atoms with Crippen LogP contribution >= 0.6 is 11.8 Å². The number of thioether (sulfide) groups is 1. The molecule has 2 aromatic carbocycles. The Kier molecular flexibility index (Phi) is 3.11. The van der Waals surface area contributed by atoms with Crippen molar-refractivity contribution >= 4 is 28.5 Å². The van der Waals surface area contributed by atoms with Crippen molar-refractivity contribution in [3.05, 3.63) is 53.1 Å². The quantitative estimate of drug-likeness (QED) is 0.581. The summed E-state index contributed by atoms with van der Waals surface area (Å²) in [6, 6.07) is 12.4. The van der Waals surface area contributed by atoms with Gasteiger partial charge in [-0.2, -0.15) is 0 Å². The zero-order valence-corrected chi connectivity index (χ0v) is 12.5. The number of benzene rings is 2. The van der Waals surface area contributed by atoms with Crippen molar-refractivity contribution in [1.29, 1.82) is 0 Å². The van der Waals surface area contributed by atoms with E-state index < -0.39 is 0 Å². The molecule has 0 fully saturated rings. The lowest BCUT2D eigenvalue weighted by Crippen LogP contribution is -1.86. The molecule has 0 atom stereocenters. The van der Waals surface area contributed by atoms with Crippen molar-refractivity contribution in [3.8, 4) is 0 Å². The molecule has 4 heteroatoms. The topological polar surface area (TPSA) is 52.0 Å². The molecule has 0 aliphatic heterocycles. The summed E-state index contributed by atoms with van der Waals surface area (Å²) >= 11 is 1.63. The Morgan fingerprint density at radius 3 is 2.95 bits per heavy atom. The Morgan fingerprint density at radius 2 is 2.00 bits per heavy atom. The van der Waals surface area contributed by atoms with Crippen LogP contribution in [0.2, 0.25) is 0 Å². The van der Waals surface area contributed by atoms with Crippen LogP contribution in [0.4, 0.5) is 5.69 Å². The van der Waals surface area contributed by atoms with Gasteiger partial charge in [0.15, 0.2) is 5.58 Å². The third-order valence-corrected chi connectivity index (χ3v) is 4.82. The average Bonchev–Trinajstić information content (AvgIpc) is 3.09. The molecule has 0 unspecified atom stereocenters. The predicted molar refractivity (Wildman–Crippen MR) is 86.4 cm³/mol. The summed E-state index contributed by atoms with van der Waals surface area (Å²) in [5.41, 5.74) is 12.4. The van der Waals surface area contributed by atoms with Gasteiger partial charge in [0.1, 0.15) is 5.52 Å². The molecule has 106 valence electrons. The second-order valence-corrected chi connectivity index (χ2v) is 6.38. The molecule has 3 aromatic rings. The van der Waals surface area contributed by atoms with Gasteiger partial charge in [0.05, 0.1) is 0 Å². The van der Waals surface area contributed by atoms with Crippen LogP contribution in [0.15, 0.2) is 46.0 Å². The summed E-state index contributed by atoms with van der Waals surface area (Å²) in [5, 5.41) is 0.705. The van der Waals surface area contributed by atoms with Gasteiger partial charge in [0.2, 0.25) is 0 Å². The number of fused-ring (bicyclic) bond motifs is 2. The molecule has 0 amide bonds. The number of nitrogen functional groups attached to an aromatic ring is 1. The van der Waals surface area contributed by atoms with Crippen LogP contribution in [0.5, 0.6) is 0 Å². The Hall–Kier alpha value is -1.94. The second-order valence-electron chi connectivity index (χ2n) is 5.45. The average molecular weight is 296 g/mol. The number of rotatable bonds is 3.